The molecule has 0 unspecified atom stereocenters. The minimum absolute atomic E-state index is 0.362. The number of fused-ring (bicyclic) bond motifs is 5. The summed E-state index contributed by atoms with van der Waals surface area (Å²) in [5.74, 6) is 0.742. The quantitative estimate of drug-likeness (QED) is 0.418. The average Bonchev–Trinajstić information content (AvgIpc) is 2.97. The van der Waals surface area contributed by atoms with Crippen LogP contribution in [0.1, 0.15) is 33.6 Å². The Bertz CT molecular complexity index is 1060. The van der Waals surface area contributed by atoms with Crippen LogP contribution in [0.3, 0.4) is 0 Å². The fourth-order valence-corrected chi connectivity index (χ4v) is 6.81. The predicted molar refractivity (Wildman–Crippen MR) is 132 cm³/mol. The van der Waals surface area contributed by atoms with Crippen LogP contribution < -0.4 is 0 Å². The monoisotopic (exact) mass is 532 g/mol. The molecule has 0 radical (unpaired) electrons. The molecule has 0 spiro atoms. The fraction of sp³-hybridized carbons (Fsp3) is 0.520. The van der Waals surface area contributed by atoms with Crippen molar-refractivity contribution >= 4 is 53.7 Å². The van der Waals surface area contributed by atoms with Crippen molar-refractivity contribution in [3.05, 3.63) is 45.3 Å². The van der Waals surface area contributed by atoms with Gasteiger partial charge < -0.3 is 9.67 Å². The first-order valence-electron chi connectivity index (χ1n) is 11.0. The normalized spacial score (nSPS) is 27.2. The molecular formula is C25H30Br2N2O. The molecule has 1 aliphatic heterocycles. The van der Waals surface area contributed by atoms with Gasteiger partial charge in [-0.3, -0.25) is 4.90 Å². The Balaban J connectivity index is 1.42. The number of rotatable bonds is 4. The summed E-state index contributed by atoms with van der Waals surface area (Å²) in [6.07, 6.45) is 2.25. The molecule has 0 amide bonds. The van der Waals surface area contributed by atoms with Gasteiger partial charge in [0, 0.05) is 50.4 Å². The van der Waals surface area contributed by atoms with E-state index in [0.29, 0.717) is 17.4 Å². The lowest BCUT2D eigenvalue weighted by Crippen LogP contribution is -2.53. The standard InChI is InChI=1S/C25H30Br2N2O/c1-24(2)16-8-9-25(24,3)15-28(12-16)13-19(30)14-29-22-6-4-17(26)10-20(22)21-11-18(27)5-7-23(21)29/h4-7,10-11,16,19,30H,8-9,12-15H2,1-3H3/t16-,19+,25+/m1/s1. The van der Waals surface area contributed by atoms with Gasteiger partial charge in [-0.2, -0.15) is 0 Å². The average molecular weight is 534 g/mol. The van der Waals surface area contributed by atoms with Crippen LogP contribution in [0.4, 0.5) is 0 Å². The molecule has 3 atom stereocenters. The summed E-state index contributed by atoms with van der Waals surface area (Å²) in [7, 11) is 0. The summed E-state index contributed by atoms with van der Waals surface area (Å²) in [5.41, 5.74) is 3.12. The third kappa shape index (κ3) is 3.28. The summed E-state index contributed by atoms with van der Waals surface area (Å²) in [6.45, 7) is 10.9. The van der Waals surface area contributed by atoms with Gasteiger partial charge >= 0.3 is 0 Å². The number of halogens is 2. The van der Waals surface area contributed by atoms with E-state index in [0.717, 1.165) is 34.5 Å². The van der Waals surface area contributed by atoms with Crippen molar-refractivity contribution in [1.29, 1.82) is 0 Å². The molecular weight excluding hydrogens is 504 g/mol. The molecule has 5 heteroatoms. The zero-order chi connectivity index (χ0) is 21.3. The Morgan fingerprint density at radius 2 is 1.60 bits per heavy atom. The highest BCUT2D eigenvalue weighted by Gasteiger charge is 2.55. The first-order chi connectivity index (χ1) is 14.2. The smallest absolute Gasteiger partial charge is 0.0845 e. The lowest BCUT2D eigenvalue weighted by molar-refractivity contribution is -0.0345. The van der Waals surface area contributed by atoms with E-state index in [4.69, 9.17) is 0 Å². The molecule has 1 saturated heterocycles. The number of hydrogen-bond donors (Lipinski definition) is 1. The van der Waals surface area contributed by atoms with Crippen LogP contribution in [0.5, 0.6) is 0 Å². The number of likely N-dealkylation sites (tertiary alicyclic amines) is 1. The Morgan fingerprint density at radius 1 is 1.00 bits per heavy atom. The number of aliphatic hydroxyl groups excluding tert-OH is 1. The van der Waals surface area contributed by atoms with Crippen molar-refractivity contribution in [1.82, 2.24) is 9.47 Å². The molecule has 1 aromatic heterocycles. The van der Waals surface area contributed by atoms with Gasteiger partial charge in [0.1, 0.15) is 0 Å². The maximum atomic E-state index is 11.1. The predicted octanol–water partition coefficient (Wildman–Crippen LogP) is 6.44. The summed E-state index contributed by atoms with van der Waals surface area (Å²) in [4.78, 5) is 2.52. The van der Waals surface area contributed by atoms with Gasteiger partial charge in [-0.05, 0) is 66.0 Å². The lowest BCUT2D eigenvalue weighted by atomic mass is 9.63. The molecule has 2 heterocycles. The van der Waals surface area contributed by atoms with Gasteiger partial charge in [-0.15, -0.1) is 0 Å². The van der Waals surface area contributed by atoms with Crippen LogP contribution in [0.25, 0.3) is 21.8 Å². The topological polar surface area (TPSA) is 28.4 Å². The Hall–Kier alpha value is -0.880. The second kappa shape index (κ2) is 7.33. The highest BCUT2D eigenvalue weighted by atomic mass is 79.9. The maximum Gasteiger partial charge on any atom is 0.0845 e. The summed E-state index contributed by atoms with van der Waals surface area (Å²) >= 11 is 7.23. The molecule has 1 aliphatic carbocycles. The van der Waals surface area contributed by atoms with Gasteiger partial charge in [0.2, 0.25) is 0 Å². The minimum atomic E-state index is -0.389. The van der Waals surface area contributed by atoms with E-state index < -0.39 is 0 Å². The number of nitrogens with zero attached hydrogens (tertiary/aromatic N) is 2. The molecule has 2 aromatic carbocycles. The first kappa shape index (κ1) is 21.0. The fourth-order valence-electron chi connectivity index (χ4n) is 6.09. The van der Waals surface area contributed by atoms with Crippen molar-refractivity contribution in [3.63, 3.8) is 0 Å². The van der Waals surface area contributed by atoms with Crippen LogP contribution >= 0.6 is 31.9 Å². The van der Waals surface area contributed by atoms with Crippen molar-refractivity contribution in [2.45, 2.75) is 46.3 Å². The summed E-state index contributed by atoms with van der Waals surface area (Å²) < 4.78 is 4.45. The molecule has 3 aromatic rings. The molecule has 160 valence electrons. The summed E-state index contributed by atoms with van der Waals surface area (Å²) in [6, 6.07) is 12.8. The molecule has 5 rings (SSSR count). The van der Waals surface area contributed by atoms with E-state index >= 15 is 0 Å². The Morgan fingerprint density at radius 3 is 2.17 bits per heavy atom. The third-order valence-electron chi connectivity index (χ3n) is 8.32. The Labute approximate surface area is 195 Å². The zero-order valence-corrected chi connectivity index (χ0v) is 21.1. The number of hydrogen-bond acceptors (Lipinski definition) is 2. The largest absolute Gasteiger partial charge is 0.390 e. The molecule has 30 heavy (non-hydrogen) atoms. The van der Waals surface area contributed by atoms with Crippen LogP contribution in [0.2, 0.25) is 0 Å². The van der Waals surface area contributed by atoms with E-state index in [1.165, 1.54) is 34.6 Å². The number of β-amino-alcohol motifs (C(OH)–C–C–N with tert-alkyl or cyclic N) is 1. The highest BCUT2D eigenvalue weighted by molar-refractivity contribution is 9.10. The SMILES string of the molecule is CC1(C)[C@@H]2CC[C@@]1(C)CN(C[C@H](O)Cn1c3ccc(Br)cc3c3cc(Br)ccc31)C2. The van der Waals surface area contributed by atoms with Crippen molar-refractivity contribution < 1.29 is 5.11 Å². The number of benzene rings is 2. The first-order valence-corrected chi connectivity index (χ1v) is 12.5. The lowest BCUT2D eigenvalue weighted by Gasteiger charge is -2.50. The van der Waals surface area contributed by atoms with Crippen LogP contribution in [-0.2, 0) is 6.54 Å². The van der Waals surface area contributed by atoms with E-state index in [9.17, 15) is 5.11 Å². The summed E-state index contributed by atoms with van der Waals surface area (Å²) in [5, 5.41) is 13.6. The van der Waals surface area contributed by atoms with Gasteiger partial charge in [0.15, 0.2) is 0 Å². The second-order valence-electron chi connectivity index (χ2n) is 10.3. The highest BCUT2D eigenvalue weighted by Crippen LogP contribution is 2.58. The second-order valence-corrected chi connectivity index (χ2v) is 12.1. The van der Waals surface area contributed by atoms with Gasteiger partial charge in [-0.25, -0.2) is 0 Å². The van der Waals surface area contributed by atoms with Crippen molar-refractivity contribution in [2.24, 2.45) is 16.7 Å². The van der Waals surface area contributed by atoms with Crippen molar-refractivity contribution in [2.75, 3.05) is 19.6 Å². The number of piperidine rings is 1. The van der Waals surface area contributed by atoms with Crippen LogP contribution in [0, 0.1) is 16.7 Å². The molecule has 3 nitrogen and oxygen atoms in total. The van der Waals surface area contributed by atoms with E-state index in [2.05, 4.69) is 98.5 Å². The zero-order valence-electron chi connectivity index (χ0n) is 18.0. The van der Waals surface area contributed by atoms with E-state index in [-0.39, 0.29) is 6.10 Å². The maximum absolute atomic E-state index is 11.1. The third-order valence-corrected chi connectivity index (χ3v) is 9.31. The molecule has 1 saturated carbocycles. The number of aliphatic hydroxyl groups is 1. The molecule has 1 N–H and O–H groups in total. The van der Waals surface area contributed by atoms with Gasteiger partial charge in [-0.1, -0.05) is 52.6 Å². The van der Waals surface area contributed by atoms with Gasteiger partial charge in [0.05, 0.1) is 12.6 Å². The molecule has 2 bridgehead atoms. The molecule has 2 fully saturated rings. The van der Waals surface area contributed by atoms with E-state index in [1.807, 2.05) is 0 Å². The number of aromatic nitrogens is 1. The van der Waals surface area contributed by atoms with Crippen molar-refractivity contribution in [3.8, 4) is 0 Å². The van der Waals surface area contributed by atoms with Crippen LogP contribution in [0.15, 0.2) is 45.3 Å². The van der Waals surface area contributed by atoms with E-state index in [1.54, 1.807) is 0 Å². The molecule has 2 aliphatic rings. The minimum Gasteiger partial charge on any atom is -0.390 e. The Kier molecular flexibility index (Phi) is 5.13. The van der Waals surface area contributed by atoms with Gasteiger partial charge in [0.25, 0.3) is 0 Å². The van der Waals surface area contributed by atoms with Crippen LogP contribution in [-0.4, -0.2) is 40.3 Å².